The van der Waals surface area contributed by atoms with Gasteiger partial charge in [0, 0.05) is 13.5 Å². The molecule has 8 heteroatoms. The van der Waals surface area contributed by atoms with E-state index < -0.39 is 29.8 Å². The van der Waals surface area contributed by atoms with Gasteiger partial charge < -0.3 is 20.3 Å². The zero-order valence-electron chi connectivity index (χ0n) is 12.8. The van der Waals surface area contributed by atoms with Crippen molar-refractivity contribution >= 4 is 23.9 Å². The van der Waals surface area contributed by atoms with Gasteiger partial charge in [-0.2, -0.15) is 4.79 Å². The van der Waals surface area contributed by atoms with Crippen LogP contribution in [0.25, 0.3) is 5.53 Å². The molecule has 122 valence electrons. The molecule has 1 N–H and O–H groups in total. The zero-order chi connectivity index (χ0) is 16.5. The fourth-order valence-corrected chi connectivity index (χ4v) is 1.80. The van der Waals surface area contributed by atoms with E-state index in [-0.39, 0.29) is 18.9 Å². The number of ether oxygens (including phenoxy) is 2. The molecule has 0 bridgehead atoms. The molecule has 0 unspecified atom stereocenters. The van der Waals surface area contributed by atoms with Crippen LogP contribution in [0, 0.1) is 0 Å². The second-order valence-corrected chi connectivity index (χ2v) is 5.18. The lowest BCUT2D eigenvalue weighted by atomic mass is 9.96. The van der Waals surface area contributed by atoms with Crippen molar-refractivity contribution in [3.63, 3.8) is 0 Å². The Morgan fingerprint density at radius 2 is 2.09 bits per heavy atom. The third-order valence-corrected chi connectivity index (χ3v) is 3.54. The molecule has 0 radical (unpaired) electrons. The molecule has 1 aliphatic carbocycles. The Morgan fingerprint density at radius 3 is 2.59 bits per heavy atom. The number of amides is 1. The second-order valence-electron chi connectivity index (χ2n) is 5.18. The largest absolute Gasteiger partial charge is 0.461 e. The number of esters is 1. The average molecular weight is 311 g/mol. The third-order valence-electron chi connectivity index (χ3n) is 3.54. The van der Waals surface area contributed by atoms with Crippen molar-refractivity contribution in [3.05, 3.63) is 5.53 Å². The van der Waals surface area contributed by atoms with E-state index >= 15 is 0 Å². The van der Waals surface area contributed by atoms with Crippen LogP contribution in [-0.4, -0.2) is 54.0 Å². The van der Waals surface area contributed by atoms with Gasteiger partial charge in [-0.15, -0.1) is 0 Å². The average Bonchev–Trinajstić information content (AvgIpc) is 2.46. The summed E-state index contributed by atoms with van der Waals surface area (Å²) in [6, 6.07) is -0.929. The van der Waals surface area contributed by atoms with Crippen molar-refractivity contribution in [2.45, 2.75) is 57.3 Å². The number of carbonyl (C=O) groups excluding carboxylic acids is 3. The van der Waals surface area contributed by atoms with E-state index in [0.717, 1.165) is 25.5 Å². The lowest BCUT2D eigenvalue weighted by Crippen LogP contribution is -2.47. The first kappa shape index (κ1) is 18.0. The number of hydrogen-bond donors (Lipinski definition) is 1. The molecule has 0 spiro atoms. The molecule has 0 aromatic heterocycles. The Kier molecular flexibility index (Phi) is 7.42. The molecule has 0 aromatic rings. The third kappa shape index (κ3) is 5.75. The van der Waals surface area contributed by atoms with Crippen molar-refractivity contribution in [3.8, 4) is 0 Å². The lowest BCUT2D eigenvalue weighted by Gasteiger charge is -2.28. The number of rotatable bonds is 9. The monoisotopic (exact) mass is 311 g/mol. The highest BCUT2D eigenvalue weighted by Crippen LogP contribution is 2.22. The summed E-state index contributed by atoms with van der Waals surface area (Å²) in [5, 5.41) is 2.52. The topological polar surface area (TPSA) is 118 Å². The smallest absolute Gasteiger partial charge is 0.328 e. The van der Waals surface area contributed by atoms with Gasteiger partial charge >= 0.3 is 12.2 Å². The van der Waals surface area contributed by atoms with Crippen LogP contribution < -0.4 is 5.32 Å². The van der Waals surface area contributed by atoms with Crippen LogP contribution in [0.4, 0.5) is 0 Å². The fourth-order valence-electron chi connectivity index (χ4n) is 1.80. The summed E-state index contributed by atoms with van der Waals surface area (Å²) in [6.45, 7) is 1.55. The molecular formula is C14H21N3O5. The summed E-state index contributed by atoms with van der Waals surface area (Å²) in [6.07, 6.45) is 2.60. The highest BCUT2D eigenvalue weighted by molar-refractivity contribution is 6.25. The highest BCUT2D eigenvalue weighted by atomic mass is 16.5. The van der Waals surface area contributed by atoms with Crippen LogP contribution in [-0.2, 0) is 23.9 Å². The maximum atomic E-state index is 12.1. The van der Waals surface area contributed by atoms with Gasteiger partial charge in [-0.25, -0.2) is 4.79 Å². The van der Waals surface area contributed by atoms with Crippen molar-refractivity contribution in [2.24, 2.45) is 0 Å². The Morgan fingerprint density at radius 1 is 1.41 bits per heavy atom. The maximum absolute atomic E-state index is 12.1. The summed E-state index contributed by atoms with van der Waals surface area (Å²) < 4.78 is 10.2. The summed E-state index contributed by atoms with van der Waals surface area (Å²) in [4.78, 5) is 37.9. The Bertz CT molecular complexity index is 469. The molecule has 1 amide bonds. The van der Waals surface area contributed by atoms with E-state index in [2.05, 4.69) is 10.1 Å². The van der Waals surface area contributed by atoms with Gasteiger partial charge in [0.1, 0.15) is 18.2 Å². The molecule has 0 aromatic carbocycles. The van der Waals surface area contributed by atoms with Crippen molar-refractivity contribution in [1.82, 2.24) is 5.32 Å². The summed E-state index contributed by atoms with van der Waals surface area (Å²) in [5.74, 6) is -1.46. The summed E-state index contributed by atoms with van der Waals surface area (Å²) in [5.41, 5.74) is 8.29. The van der Waals surface area contributed by atoms with Crippen LogP contribution in [0.15, 0.2) is 0 Å². The van der Waals surface area contributed by atoms with E-state index in [1.807, 2.05) is 0 Å². The van der Waals surface area contributed by atoms with E-state index in [1.54, 1.807) is 6.92 Å². The minimum absolute atomic E-state index is 0.0455. The highest BCUT2D eigenvalue weighted by Gasteiger charge is 2.29. The number of methoxy groups -OCH3 is 1. The zero-order valence-corrected chi connectivity index (χ0v) is 12.8. The van der Waals surface area contributed by atoms with E-state index in [4.69, 9.17) is 15.0 Å². The number of ketones is 1. The van der Waals surface area contributed by atoms with Gasteiger partial charge in [0.25, 0.3) is 0 Å². The molecular weight excluding hydrogens is 290 g/mol. The van der Waals surface area contributed by atoms with Gasteiger partial charge in [0.05, 0.1) is 0 Å². The van der Waals surface area contributed by atoms with Crippen molar-refractivity contribution in [1.29, 1.82) is 0 Å². The number of nitrogens with zero attached hydrogens (tertiary/aromatic N) is 2. The van der Waals surface area contributed by atoms with E-state index in [1.165, 1.54) is 7.11 Å². The van der Waals surface area contributed by atoms with E-state index in [0.29, 0.717) is 0 Å². The first-order valence-electron chi connectivity index (χ1n) is 7.21. The summed E-state index contributed by atoms with van der Waals surface area (Å²) in [7, 11) is 1.38. The van der Waals surface area contributed by atoms with Crippen molar-refractivity contribution in [2.75, 3.05) is 7.11 Å². The minimum atomic E-state index is -0.929. The fraction of sp³-hybridized carbons (Fsp3) is 0.714. The number of nitrogens with one attached hydrogen (secondary N) is 1. The molecule has 2 atom stereocenters. The maximum Gasteiger partial charge on any atom is 0.328 e. The molecule has 0 saturated heterocycles. The normalized spacial score (nSPS) is 16.6. The first-order chi connectivity index (χ1) is 10.5. The van der Waals surface area contributed by atoms with Gasteiger partial charge in [0.15, 0.2) is 0 Å². The molecule has 0 aliphatic heterocycles. The predicted molar refractivity (Wildman–Crippen MR) is 76.1 cm³/mol. The van der Waals surface area contributed by atoms with Crippen LogP contribution in [0.2, 0.25) is 0 Å². The van der Waals surface area contributed by atoms with Crippen LogP contribution >= 0.6 is 0 Å². The quantitative estimate of drug-likeness (QED) is 0.283. The van der Waals surface area contributed by atoms with Crippen LogP contribution in [0.5, 0.6) is 0 Å². The minimum Gasteiger partial charge on any atom is -0.461 e. The standard InChI is InChI=1S/C14H21N3O5/c1-9(21-2)13(19)17-12(7-6-10(18)8-16-15)14(20)22-11-4-3-5-11/h8-9,11-12H,3-7H2,1-2H3,(H,17,19)/t9-,12-/m0/s1. The lowest BCUT2D eigenvalue weighted by molar-refractivity contribution is -0.157. The van der Waals surface area contributed by atoms with Gasteiger partial charge in [0.2, 0.25) is 11.7 Å². The molecule has 1 fully saturated rings. The van der Waals surface area contributed by atoms with Crippen LogP contribution in [0.3, 0.4) is 0 Å². The van der Waals surface area contributed by atoms with Gasteiger partial charge in [-0.3, -0.25) is 9.59 Å². The predicted octanol–water partition coefficient (Wildman–Crippen LogP) is 0.252. The van der Waals surface area contributed by atoms with Gasteiger partial charge in [-0.1, -0.05) is 0 Å². The summed E-state index contributed by atoms with van der Waals surface area (Å²) >= 11 is 0. The van der Waals surface area contributed by atoms with Crippen LogP contribution in [0.1, 0.15) is 39.0 Å². The Hall–Kier alpha value is -2.05. The molecule has 8 nitrogen and oxygen atoms in total. The molecule has 1 saturated carbocycles. The Balaban J connectivity index is 2.61. The number of Topliss-reactive ketones (excluding diaryl/α,β-unsaturated/α-hetero) is 1. The molecule has 1 aliphatic rings. The Labute approximate surface area is 128 Å². The number of hydrogen-bond acceptors (Lipinski definition) is 5. The van der Waals surface area contributed by atoms with Gasteiger partial charge in [-0.05, 0) is 32.6 Å². The van der Waals surface area contributed by atoms with E-state index in [9.17, 15) is 14.4 Å². The molecule has 1 rings (SSSR count). The second kappa shape index (κ2) is 9.07. The molecule has 0 heterocycles. The molecule has 22 heavy (non-hydrogen) atoms. The first-order valence-corrected chi connectivity index (χ1v) is 7.21. The van der Waals surface area contributed by atoms with Crippen molar-refractivity contribution < 1.29 is 28.6 Å². The SMILES string of the molecule is CO[C@@H](C)C(=O)N[C@@H](CCC(=O)C=[N+]=[N-])C(=O)OC1CCC1. The number of carbonyl (C=O) groups is 3.